The maximum Gasteiger partial charge on any atom is 0.251 e. The summed E-state index contributed by atoms with van der Waals surface area (Å²) in [5.41, 5.74) is 5.13. The second kappa shape index (κ2) is 7.30. The Morgan fingerprint density at radius 1 is 1.07 bits per heavy atom. The highest BCUT2D eigenvalue weighted by Gasteiger charge is 2.37. The van der Waals surface area contributed by atoms with E-state index < -0.39 is 0 Å². The van der Waals surface area contributed by atoms with Gasteiger partial charge in [-0.25, -0.2) is 0 Å². The van der Waals surface area contributed by atoms with E-state index in [-0.39, 0.29) is 23.9 Å². The summed E-state index contributed by atoms with van der Waals surface area (Å²) >= 11 is 0. The van der Waals surface area contributed by atoms with Crippen molar-refractivity contribution in [3.8, 4) is 5.75 Å². The normalized spacial score (nSPS) is 19.0. The SMILES string of the molecule is COc1c(C)cc(C(=O)NC2CC(=O)N(C3Cc4ccccc4C3)C2)cc1C. The average Bonchev–Trinajstić information content (AvgIpc) is 3.24. The summed E-state index contributed by atoms with van der Waals surface area (Å²) in [5.74, 6) is 0.799. The van der Waals surface area contributed by atoms with Crippen molar-refractivity contribution >= 4 is 11.8 Å². The first-order chi connectivity index (χ1) is 13.5. The zero-order chi connectivity index (χ0) is 19.8. The number of carbonyl (C=O) groups excluding carboxylic acids is 2. The van der Waals surface area contributed by atoms with Crippen LogP contribution in [0.5, 0.6) is 5.75 Å². The molecule has 2 amide bonds. The molecular weight excluding hydrogens is 352 g/mol. The van der Waals surface area contributed by atoms with E-state index in [9.17, 15) is 9.59 Å². The number of carbonyl (C=O) groups is 2. The van der Waals surface area contributed by atoms with Crippen molar-refractivity contribution in [3.63, 3.8) is 0 Å². The fourth-order valence-corrected chi connectivity index (χ4v) is 4.61. The van der Waals surface area contributed by atoms with Crippen LogP contribution in [-0.4, -0.2) is 42.5 Å². The monoisotopic (exact) mass is 378 g/mol. The van der Waals surface area contributed by atoms with Gasteiger partial charge in [-0.2, -0.15) is 0 Å². The molecule has 5 nitrogen and oxygen atoms in total. The maximum atomic E-state index is 12.7. The predicted octanol–water partition coefficient (Wildman–Crippen LogP) is 2.81. The van der Waals surface area contributed by atoms with Gasteiger partial charge in [0, 0.05) is 24.6 Å². The Morgan fingerprint density at radius 2 is 1.68 bits per heavy atom. The summed E-state index contributed by atoms with van der Waals surface area (Å²) in [6, 6.07) is 12.1. The van der Waals surface area contributed by atoms with Crippen LogP contribution in [-0.2, 0) is 17.6 Å². The summed E-state index contributed by atoms with van der Waals surface area (Å²) in [7, 11) is 1.63. The second-order valence-corrected chi connectivity index (χ2v) is 7.89. The Hall–Kier alpha value is -2.82. The molecule has 28 heavy (non-hydrogen) atoms. The maximum absolute atomic E-state index is 12.7. The third kappa shape index (κ3) is 3.37. The summed E-state index contributed by atoms with van der Waals surface area (Å²) in [6.07, 6.45) is 2.17. The van der Waals surface area contributed by atoms with Crippen LogP contribution in [0, 0.1) is 13.8 Å². The Bertz CT molecular complexity index is 889. The number of ether oxygens (including phenoxy) is 1. The molecule has 2 aromatic carbocycles. The van der Waals surface area contributed by atoms with E-state index in [4.69, 9.17) is 4.74 Å². The van der Waals surface area contributed by atoms with E-state index in [0.717, 1.165) is 29.7 Å². The molecule has 1 unspecified atom stereocenters. The van der Waals surface area contributed by atoms with Gasteiger partial charge in [0.25, 0.3) is 5.91 Å². The third-order valence-corrected chi connectivity index (χ3v) is 5.89. The lowest BCUT2D eigenvalue weighted by molar-refractivity contribution is -0.129. The van der Waals surface area contributed by atoms with Gasteiger partial charge >= 0.3 is 0 Å². The molecule has 1 fully saturated rings. The van der Waals surface area contributed by atoms with Gasteiger partial charge < -0.3 is 15.0 Å². The lowest BCUT2D eigenvalue weighted by Gasteiger charge is -2.24. The van der Waals surface area contributed by atoms with Crippen LogP contribution in [0.4, 0.5) is 0 Å². The van der Waals surface area contributed by atoms with Crippen molar-refractivity contribution in [2.24, 2.45) is 0 Å². The summed E-state index contributed by atoms with van der Waals surface area (Å²) in [6.45, 7) is 4.44. The third-order valence-electron chi connectivity index (χ3n) is 5.89. The number of likely N-dealkylation sites (tertiary alicyclic amines) is 1. The molecule has 0 radical (unpaired) electrons. The standard InChI is InChI=1S/C23H26N2O3/c1-14-8-18(9-15(2)22(14)28-3)23(27)24-19-12-21(26)25(13-19)20-10-16-6-4-5-7-17(16)11-20/h4-9,19-20H,10-13H2,1-3H3,(H,24,27). The number of amides is 2. The van der Waals surface area contributed by atoms with Crippen molar-refractivity contribution in [2.45, 2.75) is 45.2 Å². The number of benzene rings is 2. The minimum atomic E-state index is -0.147. The fourth-order valence-electron chi connectivity index (χ4n) is 4.61. The number of aryl methyl sites for hydroxylation is 2. The first kappa shape index (κ1) is 18.5. The van der Waals surface area contributed by atoms with E-state index in [2.05, 4.69) is 29.6 Å². The topological polar surface area (TPSA) is 58.6 Å². The Kier molecular flexibility index (Phi) is 4.84. The molecule has 0 spiro atoms. The zero-order valence-electron chi connectivity index (χ0n) is 16.6. The average molecular weight is 378 g/mol. The highest BCUT2D eigenvalue weighted by Crippen LogP contribution is 2.29. The highest BCUT2D eigenvalue weighted by atomic mass is 16.5. The van der Waals surface area contributed by atoms with Gasteiger partial charge in [-0.15, -0.1) is 0 Å². The molecule has 0 bridgehead atoms. The second-order valence-electron chi connectivity index (χ2n) is 7.89. The Morgan fingerprint density at radius 3 is 2.25 bits per heavy atom. The summed E-state index contributed by atoms with van der Waals surface area (Å²) in [4.78, 5) is 27.3. The van der Waals surface area contributed by atoms with Crippen molar-refractivity contribution in [3.05, 3.63) is 64.2 Å². The lowest BCUT2D eigenvalue weighted by Crippen LogP contribution is -2.41. The largest absolute Gasteiger partial charge is 0.496 e. The van der Waals surface area contributed by atoms with Gasteiger partial charge in [0.2, 0.25) is 5.91 Å². The molecule has 1 heterocycles. The van der Waals surface area contributed by atoms with Crippen molar-refractivity contribution in [1.29, 1.82) is 0 Å². The van der Waals surface area contributed by atoms with Crippen LogP contribution in [0.1, 0.15) is 39.0 Å². The van der Waals surface area contributed by atoms with Gasteiger partial charge in [-0.1, -0.05) is 24.3 Å². The van der Waals surface area contributed by atoms with Crippen molar-refractivity contribution < 1.29 is 14.3 Å². The van der Waals surface area contributed by atoms with Crippen LogP contribution < -0.4 is 10.1 Å². The molecule has 1 aliphatic carbocycles. The zero-order valence-corrected chi connectivity index (χ0v) is 16.6. The number of hydrogen-bond acceptors (Lipinski definition) is 3. The Labute approximate surface area is 165 Å². The smallest absolute Gasteiger partial charge is 0.251 e. The minimum Gasteiger partial charge on any atom is -0.496 e. The number of nitrogens with one attached hydrogen (secondary N) is 1. The van der Waals surface area contributed by atoms with Gasteiger partial charge in [0.05, 0.1) is 13.2 Å². The van der Waals surface area contributed by atoms with Gasteiger partial charge in [-0.05, 0) is 61.1 Å². The molecule has 5 heteroatoms. The fraction of sp³-hybridized carbons (Fsp3) is 0.391. The van der Waals surface area contributed by atoms with E-state index in [1.165, 1.54) is 11.1 Å². The van der Waals surface area contributed by atoms with E-state index >= 15 is 0 Å². The lowest BCUT2D eigenvalue weighted by atomic mass is 10.0. The molecule has 2 aromatic rings. The number of nitrogens with zero attached hydrogens (tertiary/aromatic N) is 1. The van der Waals surface area contributed by atoms with Crippen LogP contribution in [0.3, 0.4) is 0 Å². The van der Waals surface area contributed by atoms with Gasteiger partial charge in [0.1, 0.15) is 5.75 Å². The summed E-state index contributed by atoms with van der Waals surface area (Å²) < 4.78 is 5.37. The number of methoxy groups -OCH3 is 1. The minimum absolute atomic E-state index is 0.130. The van der Waals surface area contributed by atoms with Crippen molar-refractivity contribution in [2.75, 3.05) is 13.7 Å². The van der Waals surface area contributed by atoms with Crippen molar-refractivity contribution in [1.82, 2.24) is 10.2 Å². The number of rotatable bonds is 4. The van der Waals surface area contributed by atoms with E-state index in [0.29, 0.717) is 18.5 Å². The first-order valence-corrected chi connectivity index (χ1v) is 9.78. The summed E-state index contributed by atoms with van der Waals surface area (Å²) in [5, 5.41) is 3.05. The van der Waals surface area contributed by atoms with E-state index in [1.54, 1.807) is 7.11 Å². The van der Waals surface area contributed by atoms with Crippen LogP contribution in [0.25, 0.3) is 0 Å². The van der Waals surface area contributed by atoms with Crippen LogP contribution in [0.15, 0.2) is 36.4 Å². The molecule has 0 aromatic heterocycles. The number of fused-ring (bicyclic) bond motifs is 1. The first-order valence-electron chi connectivity index (χ1n) is 9.78. The molecule has 1 N–H and O–H groups in total. The molecule has 1 atom stereocenters. The molecule has 1 aliphatic heterocycles. The molecule has 4 rings (SSSR count). The van der Waals surface area contributed by atoms with Crippen LogP contribution in [0.2, 0.25) is 0 Å². The molecule has 146 valence electrons. The predicted molar refractivity (Wildman–Crippen MR) is 108 cm³/mol. The molecular formula is C23H26N2O3. The molecule has 1 saturated heterocycles. The highest BCUT2D eigenvalue weighted by molar-refractivity contribution is 5.95. The molecule has 0 saturated carbocycles. The van der Waals surface area contributed by atoms with E-state index in [1.807, 2.05) is 30.9 Å². The van der Waals surface area contributed by atoms with Gasteiger partial charge in [0.15, 0.2) is 0 Å². The van der Waals surface area contributed by atoms with Gasteiger partial charge in [-0.3, -0.25) is 9.59 Å². The van der Waals surface area contributed by atoms with Crippen LogP contribution >= 0.6 is 0 Å². The number of hydrogen-bond donors (Lipinski definition) is 1. The Balaban J connectivity index is 1.42. The quantitative estimate of drug-likeness (QED) is 0.890. The molecule has 2 aliphatic rings.